The molecule has 3 aromatic rings. The summed E-state index contributed by atoms with van der Waals surface area (Å²) in [5.41, 5.74) is 7.94. The summed E-state index contributed by atoms with van der Waals surface area (Å²) in [6, 6.07) is 18.1. The van der Waals surface area contributed by atoms with E-state index in [1.807, 2.05) is 30.3 Å². The summed E-state index contributed by atoms with van der Waals surface area (Å²) in [6.07, 6.45) is 0. The normalized spacial score (nSPS) is 10.6. The van der Waals surface area contributed by atoms with Crippen LogP contribution >= 0.6 is 0 Å². The molecule has 98 valence electrons. The molecule has 0 aliphatic rings. The maximum atomic E-state index is 11.2. The number of anilines is 1. The van der Waals surface area contributed by atoms with Gasteiger partial charge in [0, 0.05) is 17.3 Å². The monoisotopic (exact) mass is 264 g/mol. The fourth-order valence-electron chi connectivity index (χ4n) is 2.43. The molecule has 0 saturated heterocycles. The Hall–Kier alpha value is -2.88. The van der Waals surface area contributed by atoms with E-state index in [1.165, 1.54) is 6.07 Å². The van der Waals surface area contributed by atoms with Crippen molar-refractivity contribution >= 4 is 22.1 Å². The molecular formula is C16H12N2O2. The third-order valence-corrected chi connectivity index (χ3v) is 3.33. The smallest absolute Gasteiger partial charge is 0.277 e. The molecule has 20 heavy (non-hydrogen) atoms. The lowest BCUT2D eigenvalue weighted by Gasteiger charge is -2.10. The standard InChI is InChI=1S/C16H12N2O2/c17-14-10-9-11-5-1-2-6-12(11)16(14)13-7-3-4-8-15(13)18(19)20/h1-10H,17H2. The van der Waals surface area contributed by atoms with Gasteiger partial charge in [0.25, 0.3) is 5.69 Å². The molecule has 4 nitrogen and oxygen atoms in total. The van der Waals surface area contributed by atoms with Crippen LogP contribution < -0.4 is 5.73 Å². The maximum absolute atomic E-state index is 11.2. The van der Waals surface area contributed by atoms with E-state index in [0.29, 0.717) is 11.3 Å². The highest BCUT2D eigenvalue weighted by molar-refractivity contribution is 6.04. The van der Waals surface area contributed by atoms with Crippen molar-refractivity contribution < 1.29 is 4.92 Å². The number of nitrogens with zero attached hydrogens (tertiary/aromatic N) is 1. The molecule has 0 heterocycles. The first-order chi connectivity index (χ1) is 9.68. The zero-order chi connectivity index (χ0) is 14.1. The Morgan fingerprint density at radius 2 is 1.60 bits per heavy atom. The highest BCUT2D eigenvalue weighted by atomic mass is 16.6. The number of rotatable bonds is 2. The van der Waals surface area contributed by atoms with Gasteiger partial charge in [0.1, 0.15) is 0 Å². The Morgan fingerprint density at radius 1 is 0.900 bits per heavy atom. The van der Waals surface area contributed by atoms with E-state index in [9.17, 15) is 10.1 Å². The molecule has 0 aliphatic heterocycles. The molecule has 0 aromatic heterocycles. The molecule has 3 aromatic carbocycles. The van der Waals surface area contributed by atoms with Crippen LogP contribution in [0, 0.1) is 10.1 Å². The summed E-state index contributed by atoms with van der Waals surface area (Å²) in [6.45, 7) is 0. The van der Waals surface area contributed by atoms with E-state index in [4.69, 9.17) is 5.73 Å². The van der Waals surface area contributed by atoms with E-state index >= 15 is 0 Å². The number of benzene rings is 3. The minimum Gasteiger partial charge on any atom is -0.398 e. The average molecular weight is 264 g/mol. The van der Waals surface area contributed by atoms with Gasteiger partial charge in [0.05, 0.1) is 10.5 Å². The van der Waals surface area contributed by atoms with Gasteiger partial charge in [-0.2, -0.15) is 0 Å². The number of nitrogen functional groups attached to an aromatic ring is 1. The first-order valence-electron chi connectivity index (χ1n) is 6.19. The lowest BCUT2D eigenvalue weighted by molar-refractivity contribution is -0.384. The van der Waals surface area contributed by atoms with Gasteiger partial charge < -0.3 is 5.73 Å². The SMILES string of the molecule is Nc1ccc2ccccc2c1-c1ccccc1[N+](=O)[O-]. The molecule has 0 atom stereocenters. The van der Waals surface area contributed by atoms with Gasteiger partial charge in [0.15, 0.2) is 0 Å². The topological polar surface area (TPSA) is 69.2 Å². The quantitative estimate of drug-likeness (QED) is 0.432. The second kappa shape index (κ2) is 4.66. The molecule has 0 amide bonds. The van der Waals surface area contributed by atoms with Crippen molar-refractivity contribution in [3.63, 3.8) is 0 Å². The van der Waals surface area contributed by atoms with E-state index in [1.54, 1.807) is 24.3 Å². The molecule has 0 fully saturated rings. The van der Waals surface area contributed by atoms with Crippen molar-refractivity contribution in [1.82, 2.24) is 0 Å². The van der Waals surface area contributed by atoms with Crippen LogP contribution in [0.3, 0.4) is 0 Å². The van der Waals surface area contributed by atoms with Gasteiger partial charge >= 0.3 is 0 Å². The highest BCUT2D eigenvalue weighted by Gasteiger charge is 2.18. The molecule has 0 aliphatic carbocycles. The van der Waals surface area contributed by atoms with E-state index in [2.05, 4.69) is 0 Å². The Morgan fingerprint density at radius 3 is 2.40 bits per heavy atom. The molecule has 0 spiro atoms. The van der Waals surface area contributed by atoms with E-state index < -0.39 is 0 Å². The van der Waals surface area contributed by atoms with Crippen LogP contribution in [-0.4, -0.2) is 4.92 Å². The third-order valence-electron chi connectivity index (χ3n) is 3.33. The van der Waals surface area contributed by atoms with Crippen LogP contribution in [-0.2, 0) is 0 Å². The summed E-state index contributed by atoms with van der Waals surface area (Å²) in [7, 11) is 0. The highest BCUT2D eigenvalue weighted by Crippen LogP contribution is 2.38. The van der Waals surface area contributed by atoms with Crippen LogP contribution in [0.15, 0.2) is 60.7 Å². The van der Waals surface area contributed by atoms with Gasteiger partial charge in [-0.05, 0) is 22.9 Å². The van der Waals surface area contributed by atoms with Gasteiger partial charge in [-0.25, -0.2) is 0 Å². The molecule has 4 heteroatoms. The van der Waals surface area contributed by atoms with Crippen molar-refractivity contribution in [3.8, 4) is 11.1 Å². The van der Waals surface area contributed by atoms with Crippen LogP contribution in [0.1, 0.15) is 0 Å². The third kappa shape index (κ3) is 1.87. The number of nitro benzene ring substituents is 1. The predicted molar refractivity (Wildman–Crippen MR) is 80.5 cm³/mol. The minimum atomic E-state index is -0.378. The molecule has 0 bridgehead atoms. The largest absolute Gasteiger partial charge is 0.398 e. The lowest BCUT2D eigenvalue weighted by atomic mass is 9.95. The molecular weight excluding hydrogens is 252 g/mol. The second-order valence-electron chi connectivity index (χ2n) is 4.53. The molecule has 0 radical (unpaired) electrons. The Bertz CT molecular complexity index is 812. The average Bonchev–Trinajstić information content (AvgIpc) is 2.47. The fraction of sp³-hybridized carbons (Fsp3) is 0. The lowest BCUT2D eigenvalue weighted by Crippen LogP contribution is -1.96. The van der Waals surface area contributed by atoms with Gasteiger partial charge in [-0.1, -0.05) is 42.5 Å². The number of fused-ring (bicyclic) bond motifs is 1. The number of nitro groups is 1. The Labute approximate surface area is 115 Å². The Kier molecular flexibility index (Phi) is 2.84. The van der Waals surface area contributed by atoms with Crippen molar-refractivity contribution in [1.29, 1.82) is 0 Å². The second-order valence-corrected chi connectivity index (χ2v) is 4.53. The van der Waals surface area contributed by atoms with Gasteiger partial charge in [-0.15, -0.1) is 0 Å². The predicted octanol–water partition coefficient (Wildman–Crippen LogP) is 4.00. The number of para-hydroxylation sites is 1. The van der Waals surface area contributed by atoms with Gasteiger partial charge in [-0.3, -0.25) is 10.1 Å². The van der Waals surface area contributed by atoms with Crippen LogP contribution in [0.2, 0.25) is 0 Å². The van der Waals surface area contributed by atoms with E-state index in [0.717, 1.165) is 16.3 Å². The summed E-state index contributed by atoms with van der Waals surface area (Å²) < 4.78 is 0. The molecule has 0 saturated carbocycles. The van der Waals surface area contributed by atoms with Crippen LogP contribution in [0.25, 0.3) is 21.9 Å². The summed E-state index contributed by atoms with van der Waals surface area (Å²) in [4.78, 5) is 10.8. The van der Waals surface area contributed by atoms with Crippen molar-refractivity contribution in [2.45, 2.75) is 0 Å². The van der Waals surface area contributed by atoms with Crippen LogP contribution in [0.4, 0.5) is 11.4 Å². The maximum Gasteiger partial charge on any atom is 0.277 e. The van der Waals surface area contributed by atoms with Crippen LogP contribution in [0.5, 0.6) is 0 Å². The minimum absolute atomic E-state index is 0.0653. The number of nitrogens with two attached hydrogens (primary N) is 1. The summed E-state index contributed by atoms with van der Waals surface area (Å²) in [5, 5.41) is 13.1. The van der Waals surface area contributed by atoms with Gasteiger partial charge in [0.2, 0.25) is 0 Å². The fourth-order valence-corrected chi connectivity index (χ4v) is 2.43. The number of hydrogen-bond donors (Lipinski definition) is 1. The zero-order valence-electron chi connectivity index (χ0n) is 10.6. The van der Waals surface area contributed by atoms with E-state index in [-0.39, 0.29) is 10.6 Å². The van der Waals surface area contributed by atoms with Crippen molar-refractivity contribution in [3.05, 3.63) is 70.8 Å². The zero-order valence-corrected chi connectivity index (χ0v) is 10.6. The van der Waals surface area contributed by atoms with Crippen molar-refractivity contribution in [2.75, 3.05) is 5.73 Å². The van der Waals surface area contributed by atoms with Crippen molar-refractivity contribution in [2.24, 2.45) is 0 Å². The molecule has 3 rings (SSSR count). The number of hydrogen-bond acceptors (Lipinski definition) is 3. The Balaban J connectivity index is 2.41. The first-order valence-corrected chi connectivity index (χ1v) is 6.19. The summed E-state index contributed by atoms with van der Waals surface area (Å²) >= 11 is 0. The summed E-state index contributed by atoms with van der Waals surface area (Å²) in [5.74, 6) is 0. The first kappa shape index (κ1) is 12.2. The molecule has 2 N–H and O–H groups in total. The molecule has 0 unspecified atom stereocenters.